The molecule has 0 spiro atoms. The molecule has 1 amide bonds. The molecule has 1 aromatic carbocycles. The van der Waals surface area contributed by atoms with Gasteiger partial charge in [0, 0.05) is 24.8 Å². The lowest BCUT2D eigenvalue weighted by atomic mass is 9.79. The first-order chi connectivity index (χ1) is 12.6. The summed E-state index contributed by atoms with van der Waals surface area (Å²) in [5.41, 5.74) is 2.71. The Morgan fingerprint density at radius 1 is 1.30 bits per heavy atom. The van der Waals surface area contributed by atoms with E-state index >= 15 is 0 Å². The summed E-state index contributed by atoms with van der Waals surface area (Å²) in [6.07, 6.45) is 3.68. The number of hydrogen-bond donors (Lipinski definition) is 2. The lowest BCUT2D eigenvalue weighted by Crippen LogP contribution is -2.47. The van der Waals surface area contributed by atoms with Crippen molar-refractivity contribution in [1.29, 1.82) is 0 Å². The van der Waals surface area contributed by atoms with Crippen LogP contribution >= 0.6 is 12.4 Å². The van der Waals surface area contributed by atoms with E-state index in [0.29, 0.717) is 25.3 Å². The molecular formula is C20H29ClN4O2. The highest BCUT2D eigenvalue weighted by molar-refractivity contribution is 5.95. The van der Waals surface area contributed by atoms with Gasteiger partial charge in [-0.3, -0.25) is 9.48 Å². The second kappa shape index (κ2) is 9.88. The van der Waals surface area contributed by atoms with Crippen molar-refractivity contribution < 1.29 is 9.53 Å². The van der Waals surface area contributed by atoms with Gasteiger partial charge in [-0.05, 0) is 38.4 Å². The van der Waals surface area contributed by atoms with Crippen LogP contribution in [-0.4, -0.2) is 49.0 Å². The van der Waals surface area contributed by atoms with Gasteiger partial charge in [0.15, 0.2) is 0 Å². The summed E-state index contributed by atoms with van der Waals surface area (Å²) in [6, 6.07) is 10.1. The maximum absolute atomic E-state index is 12.7. The Morgan fingerprint density at radius 3 is 2.67 bits per heavy atom. The molecule has 6 nitrogen and oxygen atoms in total. The fourth-order valence-electron chi connectivity index (χ4n) is 3.58. The Balaban J connectivity index is 0.00000261. The number of nitrogens with zero attached hydrogens (tertiary/aromatic N) is 2. The molecule has 27 heavy (non-hydrogen) atoms. The maximum Gasteiger partial charge on any atom is 0.254 e. The number of aromatic nitrogens is 2. The van der Waals surface area contributed by atoms with Crippen LogP contribution in [0, 0.1) is 12.3 Å². The van der Waals surface area contributed by atoms with Crippen LogP contribution in [0.4, 0.5) is 0 Å². The second-order valence-corrected chi connectivity index (χ2v) is 7.15. The van der Waals surface area contributed by atoms with Crippen molar-refractivity contribution in [3.05, 3.63) is 53.3 Å². The Hall–Kier alpha value is -1.89. The first-order valence-electron chi connectivity index (χ1n) is 9.18. The van der Waals surface area contributed by atoms with Gasteiger partial charge in [-0.2, -0.15) is 5.10 Å². The zero-order valence-electron chi connectivity index (χ0n) is 16.0. The van der Waals surface area contributed by atoms with E-state index in [2.05, 4.69) is 27.9 Å². The van der Waals surface area contributed by atoms with Crippen LogP contribution in [-0.2, 0) is 11.3 Å². The molecule has 3 rings (SSSR count). The quantitative estimate of drug-likeness (QED) is 0.759. The van der Waals surface area contributed by atoms with Gasteiger partial charge in [-0.1, -0.05) is 30.3 Å². The van der Waals surface area contributed by atoms with E-state index in [4.69, 9.17) is 4.74 Å². The molecule has 0 unspecified atom stereocenters. The van der Waals surface area contributed by atoms with Crippen LogP contribution in [0.2, 0.25) is 0 Å². The third kappa shape index (κ3) is 5.31. The van der Waals surface area contributed by atoms with Crippen molar-refractivity contribution in [2.75, 3.05) is 33.4 Å². The summed E-state index contributed by atoms with van der Waals surface area (Å²) >= 11 is 0. The smallest absolute Gasteiger partial charge is 0.254 e. The minimum absolute atomic E-state index is 0. The van der Waals surface area contributed by atoms with Crippen LogP contribution in [0.3, 0.4) is 0 Å². The van der Waals surface area contributed by atoms with E-state index in [0.717, 1.165) is 31.6 Å². The lowest BCUT2D eigenvalue weighted by molar-refractivity contribution is 0.0511. The highest BCUT2D eigenvalue weighted by Gasteiger charge is 2.32. The van der Waals surface area contributed by atoms with Gasteiger partial charge in [0.2, 0.25) is 0 Å². The number of halogens is 1. The number of ether oxygens (including phenoxy) is 1. The summed E-state index contributed by atoms with van der Waals surface area (Å²) in [4.78, 5) is 12.7. The van der Waals surface area contributed by atoms with Crippen molar-refractivity contribution in [2.45, 2.75) is 26.3 Å². The van der Waals surface area contributed by atoms with E-state index in [1.165, 1.54) is 5.56 Å². The van der Waals surface area contributed by atoms with Gasteiger partial charge < -0.3 is 15.4 Å². The molecule has 0 aliphatic carbocycles. The topological polar surface area (TPSA) is 68.2 Å². The number of nitrogens with one attached hydrogen (secondary N) is 2. The third-order valence-electron chi connectivity index (χ3n) is 5.26. The van der Waals surface area contributed by atoms with Crippen LogP contribution < -0.4 is 10.6 Å². The first kappa shape index (κ1) is 21.4. The molecule has 1 saturated heterocycles. The van der Waals surface area contributed by atoms with Gasteiger partial charge in [-0.25, -0.2) is 0 Å². The van der Waals surface area contributed by atoms with E-state index in [9.17, 15) is 4.79 Å². The predicted molar refractivity (Wildman–Crippen MR) is 109 cm³/mol. The molecule has 1 fully saturated rings. The van der Waals surface area contributed by atoms with Gasteiger partial charge in [0.1, 0.15) is 0 Å². The molecule has 7 heteroatoms. The standard InChI is InChI=1S/C20H28N4O2.ClH/c1-16-18(12-23-24(16)13-17-6-4-3-5-7-17)19(25)22-14-20(15-26-2)8-10-21-11-9-20;/h3-7,12,21H,8-11,13-15H2,1-2H3,(H,22,25);1H. The molecule has 148 valence electrons. The van der Waals surface area contributed by atoms with Gasteiger partial charge in [-0.15, -0.1) is 12.4 Å². The average molecular weight is 393 g/mol. The average Bonchev–Trinajstić information content (AvgIpc) is 3.02. The van der Waals surface area contributed by atoms with E-state index in [1.807, 2.05) is 29.8 Å². The normalized spacial score (nSPS) is 15.8. The van der Waals surface area contributed by atoms with Gasteiger partial charge in [0.05, 0.1) is 24.9 Å². The molecular weight excluding hydrogens is 364 g/mol. The van der Waals surface area contributed by atoms with Crippen molar-refractivity contribution >= 4 is 18.3 Å². The number of hydrogen-bond acceptors (Lipinski definition) is 4. The molecule has 2 N–H and O–H groups in total. The number of methoxy groups -OCH3 is 1. The molecule has 0 saturated carbocycles. The van der Waals surface area contributed by atoms with Crippen LogP contribution in [0.15, 0.2) is 36.5 Å². The number of carbonyl (C=O) groups excluding carboxylic acids is 1. The molecule has 1 aromatic heterocycles. The van der Waals surface area contributed by atoms with Crippen molar-refractivity contribution in [1.82, 2.24) is 20.4 Å². The number of benzene rings is 1. The maximum atomic E-state index is 12.7. The number of piperidine rings is 1. The molecule has 0 radical (unpaired) electrons. The van der Waals surface area contributed by atoms with E-state index in [1.54, 1.807) is 13.3 Å². The fourth-order valence-corrected chi connectivity index (χ4v) is 3.58. The van der Waals surface area contributed by atoms with Crippen molar-refractivity contribution in [3.8, 4) is 0 Å². The zero-order chi connectivity index (χ0) is 18.4. The first-order valence-corrected chi connectivity index (χ1v) is 9.18. The fraction of sp³-hybridized carbons (Fsp3) is 0.500. The molecule has 0 bridgehead atoms. The van der Waals surface area contributed by atoms with Crippen LogP contribution in [0.25, 0.3) is 0 Å². The summed E-state index contributed by atoms with van der Waals surface area (Å²) in [7, 11) is 1.73. The monoisotopic (exact) mass is 392 g/mol. The molecule has 2 heterocycles. The SMILES string of the molecule is COCC1(CNC(=O)c2cnn(Cc3ccccc3)c2C)CCNCC1.Cl. The summed E-state index contributed by atoms with van der Waals surface area (Å²) in [5, 5.41) is 10.9. The van der Waals surface area contributed by atoms with Crippen molar-refractivity contribution in [2.24, 2.45) is 5.41 Å². The number of amides is 1. The molecule has 0 atom stereocenters. The molecule has 1 aliphatic heterocycles. The zero-order valence-corrected chi connectivity index (χ0v) is 16.8. The second-order valence-electron chi connectivity index (χ2n) is 7.15. The highest BCUT2D eigenvalue weighted by atomic mass is 35.5. The highest BCUT2D eigenvalue weighted by Crippen LogP contribution is 2.28. The molecule has 2 aromatic rings. The largest absolute Gasteiger partial charge is 0.384 e. The Bertz CT molecular complexity index is 721. The van der Waals surface area contributed by atoms with Gasteiger partial charge >= 0.3 is 0 Å². The lowest BCUT2D eigenvalue weighted by Gasteiger charge is -2.37. The van der Waals surface area contributed by atoms with Gasteiger partial charge in [0.25, 0.3) is 5.91 Å². The van der Waals surface area contributed by atoms with E-state index in [-0.39, 0.29) is 23.7 Å². The van der Waals surface area contributed by atoms with E-state index < -0.39 is 0 Å². The summed E-state index contributed by atoms with van der Waals surface area (Å²) < 4.78 is 7.30. The predicted octanol–water partition coefficient (Wildman–Crippen LogP) is 2.41. The minimum Gasteiger partial charge on any atom is -0.384 e. The van der Waals surface area contributed by atoms with Crippen LogP contribution in [0.1, 0.15) is 34.5 Å². The Labute approximate surface area is 167 Å². The van der Waals surface area contributed by atoms with Crippen LogP contribution in [0.5, 0.6) is 0 Å². The molecule has 1 aliphatic rings. The number of carbonyl (C=O) groups is 1. The summed E-state index contributed by atoms with van der Waals surface area (Å²) in [6.45, 7) is 5.84. The Morgan fingerprint density at radius 2 is 2.00 bits per heavy atom. The van der Waals surface area contributed by atoms with Crippen molar-refractivity contribution in [3.63, 3.8) is 0 Å². The summed E-state index contributed by atoms with van der Waals surface area (Å²) in [5.74, 6) is -0.0594. The number of rotatable bonds is 7. The minimum atomic E-state index is -0.0594. The Kier molecular flexibility index (Phi) is 7.83. The third-order valence-corrected chi connectivity index (χ3v) is 5.26.